The molecule has 0 unspecified atom stereocenters. The Kier molecular flexibility index (Phi) is 4.48. The minimum atomic E-state index is -2.61. The molecule has 0 aliphatic rings. The molecular weight excluding hydrogens is 380 g/mol. The molecule has 0 aliphatic heterocycles. The van der Waals surface area contributed by atoms with Crippen molar-refractivity contribution in [2.75, 3.05) is 0 Å². The van der Waals surface area contributed by atoms with E-state index in [-0.39, 0.29) is 11.3 Å². The zero-order chi connectivity index (χ0) is 20.5. The number of rotatable bonds is 5. The van der Waals surface area contributed by atoms with Gasteiger partial charge in [-0.3, -0.25) is 4.79 Å². The predicted octanol–water partition coefficient (Wildman–Crippen LogP) is 2.50. The lowest BCUT2D eigenvalue weighted by Gasteiger charge is -2.10. The Hall–Kier alpha value is -4.13. The van der Waals surface area contributed by atoms with Crippen LogP contribution >= 0.6 is 0 Å². The number of imidazole rings is 2. The molecule has 0 saturated carbocycles. The maximum Gasteiger partial charge on any atom is 0.256 e. The number of alkyl halides is 2. The van der Waals surface area contributed by atoms with Crippen molar-refractivity contribution in [1.82, 2.24) is 24.1 Å². The second-order valence-corrected chi connectivity index (χ2v) is 6.17. The van der Waals surface area contributed by atoms with Gasteiger partial charge in [0.2, 0.25) is 5.91 Å². The summed E-state index contributed by atoms with van der Waals surface area (Å²) in [5, 5.41) is 13.6. The van der Waals surface area contributed by atoms with Crippen LogP contribution in [0.3, 0.4) is 0 Å². The van der Waals surface area contributed by atoms with E-state index in [9.17, 15) is 18.8 Å². The Morgan fingerprint density at radius 3 is 2.79 bits per heavy atom. The fourth-order valence-corrected chi connectivity index (χ4v) is 3.04. The molecule has 1 amide bonds. The third-order valence-corrected chi connectivity index (χ3v) is 4.31. The number of carbonyl (C=O) groups is 1. The summed E-state index contributed by atoms with van der Waals surface area (Å²) >= 11 is 0. The number of primary amides is 1. The minimum absolute atomic E-state index is 0.207. The standard InChI is InChI=1S/C19H13F2N7O/c20-15(21)9-27-10-25-17(11-2-1-3-12(6-11)19(23)29)18(27)14-4-5-16-24-8-13(7-22)28(16)26-14/h1-6,8,10,15H,9H2,(H2,23,29). The maximum absolute atomic E-state index is 13.1. The predicted molar refractivity (Wildman–Crippen MR) is 98.9 cm³/mol. The molecule has 29 heavy (non-hydrogen) atoms. The number of hydrogen-bond donors (Lipinski definition) is 1. The van der Waals surface area contributed by atoms with Crippen LogP contribution in [0.1, 0.15) is 16.1 Å². The van der Waals surface area contributed by atoms with Crippen LogP contribution in [0.5, 0.6) is 0 Å². The van der Waals surface area contributed by atoms with Crippen LogP contribution in [0, 0.1) is 11.3 Å². The number of benzene rings is 1. The van der Waals surface area contributed by atoms with E-state index in [1.54, 1.807) is 30.3 Å². The van der Waals surface area contributed by atoms with Crippen LogP contribution in [0.4, 0.5) is 8.78 Å². The van der Waals surface area contributed by atoms with Crippen molar-refractivity contribution < 1.29 is 13.6 Å². The fraction of sp³-hybridized carbons (Fsp3) is 0.105. The monoisotopic (exact) mass is 393 g/mol. The van der Waals surface area contributed by atoms with Crippen molar-refractivity contribution in [2.24, 2.45) is 5.73 Å². The van der Waals surface area contributed by atoms with E-state index in [4.69, 9.17) is 5.73 Å². The van der Waals surface area contributed by atoms with Crippen LogP contribution in [0.15, 0.2) is 48.9 Å². The van der Waals surface area contributed by atoms with Crippen LogP contribution in [-0.4, -0.2) is 36.5 Å². The van der Waals surface area contributed by atoms with Crippen molar-refractivity contribution in [2.45, 2.75) is 13.0 Å². The third-order valence-electron chi connectivity index (χ3n) is 4.31. The molecule has 0 bridgehead atoms. The number of halogens is 2. The lowest BCUT2D eigenvalue weighted by Crippen LogP contribution is -2.11. The van der Waals surface area contributed by atoms with E-state index in [0.717, 1.165) is 0 Å². The van der Waals surface area contributed by atoms with E-state index in [2.05, 4.69) is 15.1 Å². The first-order valence-corrected chi connectivity index (χ1v) is 8.46. The van der Waals surface area contributed by atoms with Gasteiger partial charge in [-0.05, 0) is 24.3 Å². The quantitative estimate of drug-likeness (QED) is 0.559. The molecule has 0 radical (unpaired) electrons. The van der Waals surface area contributed by atoms with Gasteiger partial charge in [0.15, 0.2) is 11.3 Å². The van der Waals surface area contributed by atoms with Crippen LogP contribution < -0.4 is 5.73 Å². The second kappa shape index (κ2) is 7.12. The van der Waals surface area contributed by atoms with Gasteiger partial charge in [0, 0.05) is 11.1 Å². The van der Waals surface area contributed by atoms with E-state index in [1.165, 1.54) is 27.7 Å². The second-order valence-electron chi connectivity index (χ2n) is 6.17. The van der Waals surface area contributed by atoms with Gasteiger partial charge in [-0.2, -0.15) is 10.4 Å². The molecule has 2 N–H and O–H groups in total. The summed E-state index contributed by atoms with van der Waals surface area (Å²) in [6.07, 6.45) is 0.0536. The van der Waals surface area contributed by atoms with Crippen LogP contribution in [-0.2, 0) is 6.54 Å². The molecule has 8 nitrogen and oxygen atoms in total. The number of nitrogens with zero attached hydrogens (tertiary/aromatic N) is 6. The zero-order valence-corrected chi connectivity index (χ0v) is 14.8. The van der Waals surface area contributed by atoms with Crippen molar-refractivity contribution in [1.29, 1.82) is 5.26 Å². The number of fused-ring (bicyclic) bond motifs is 1. The van der Waals surface area contributed by atoms with Gasteiger partial charge in [-0.25, -0.2) is 23.3 Å². The zero-order valence-electron chi connectivity index (χ0n) is 14.8. The van der Waals surface area contributed by atoms with E-state index in [1.807, 2.05) is 6.07 Å². The molecule has 0 saturated heterocycles. The highest BCUT2D eigenvalue weighted by molar-refractivity contribution is 5.94. The highest BCUT2D eigenvalue weighted by Gasteiger charge is 2.20. The molecule has 1 aromatic carbocycles. The Morgan fingerprint density at radius 2 is 2.07 bits per heavy atom. The first-order chi connectivity index (χ1) is 14.0. The largest absolute Gasteiger partial charge is 0.366 e. The Bertz CT molecular complexity index is 1270. The van der Waals surface area contributed by atoms with Gasteiger partial charge in [-0.1, -0.05) is 12.1 Å². The van der Waals surface area contributed by atoms with E-state index >= 15 is 0 Å². The van der Waals surface area contributed by atoms with E-state index < -0.39 is 18.9 Å². The molecule has 144 valence electrons. The molecule has 0 spiro atoms. The van der Waals surface area contributed by atoms with Crippen LogP contribution in [0.25, 0.3) is 28.3 Å². The van der Waals surface area contributed by atoms with Gasteiger partial charge in [0.05, 0.1) is 30.5 Å². The molecule has 0 aliphatic carbocycles. The molecule has 4 rings (SSSR count). The number of carbonyl (C=O) groups excluding carboxylic acids is 1. The van der Waals surface area contributed by atoms with Crippen LogP contribution in [0.2, 0.25) is 0 Å². The van der Waals surface area contributed by atoms with Crippen molar-refractivity contribution in [3.8, 4) is 28.7 Å². The lowest BCUT2D eigenvalue weighted by molar-refractivity contribution is 0.1000. The minimum Gasteiger partial charge on any atom is -0.366 e. The summed E-state index contributed by atoms with van der Waals surface area (Å²) < 4.78 is 28.9. The molecule has 3 heterocycles. The Balaban J connectivity index is 1.94. The summed E-state index contributed by atoms with van der Waals surface area (Å²) in [6.45, 7) is -0.591. The maximum atomic E-state index is 13.1. The molecule has 4 aromatic rings. The number of hydrogen-bond acceptors (Lipinski definition) is 5. The average Bonchev–Trinajstić information content (AvgIpc) is 3.30. The average molecular weight is 393 g/mol. The summed E-state index contributed by atoms with van der Waals surface area (Å²) in [6, 6.07) is 11.6. The highest BCUT2D eigenvalue weighted by atomic mass is 19.3. The van der Waals surface area contributed by atoms with Gasteiger partial charge >= 0.3 is 0 Å². The molecule has 0 fully saturated rings. The third kappa shape index (κ3) is 3.29. The number of amides is 1. The van der Waals surface area contributed by atoms with Crippen molar-refractivity contribution in [3.05, 3.63) is 60.2 Å². The molecule has 10 heteroatoms. The lowest BCUT2D eigenvalue weighted by atomic mass is 10.0. The normalized spacial score (nSPS) is 11.1. The Labute approximate surface area is 162 Å². The molecule has 0 atom stereocenters. The summed E-state index contributed by atoms with van der Waals surface area (Å²) in [5.41, 5.74) is 7.80. The highest BCUT2D eigenvalue weighted by Crippen LogP contribution is 2.31. The first kappa shape index (κ1) is 18.2. The van der Waals surface area contributed by atoms with Gasteiger partial charge in [0.25, 0.3) is 6.43 Å². The van der Waals surface area contributed by atoms with Crippen molar-refractivity contribution >= 4 is 11.6 Å². The SMILES string of the molecule is N#Cc1cnc2ccc(-c3c(-c4cccc(C(N)=O)c4)ncn3CC(F)F)nn12. The Morgan fingerprint density at radius 1 is 1.24 bits per heavy atom. The smallest absolute Gasteiger partial charge is 0.256 e. The summed E-state index contributed by atoms with van der Waals surface area (Å²) in [5.74, 6) is -0.614. The first-order valence-electron chi connectivity index (χ1n) is 8.46. The molecule has 3 aromatic heterocycles. The van der Waals surface area contributed by atoms with E-state index in [0.29, 0.717) is 28.3 Å². The summed E-state index contributed by atoms with van der Waals surface area (Å²) in [4.78, 5) is 19.9. The van der Waals surface area contributed by atoms with Gasteiger partial charge in [0.1, 0.15) is 11.8 Å². The number of aromatic nitrogens is 5. The van der Waals surface area contributed by atoms with Crippen molar-refractivity contribution in [3.63, 3.8) is 0 Å². The summed E-state index contributed by atoms with van der Waals surface area (Å²) in [7, 11) is 0. The van der Waals surface area contributed by atoms with Gasteiger partial charge < -0.3 is 10.3 Å². The number of nitriles is 1. The topological polar surface area (TPSA) is 115 Å². The fourth-order valence-electron chi connectivity index (χ4n) is 3.04. The molecular formula is C19H13F2N7O. The number of nitrogens with two attached hydrogens (primary N) is 1. The van der Waals surface area contributed by atoms with Gasteiger partial charge in [-0.15, -0.1) is 0 Å².